The maximum absolute atomic E-state index is 13.6. The van der Waals surface area contributed by atoms with E-state index in [2.05, 4.69) is 11.0 Å². The summed E-state index contributed by atoms with van der Waals surface area (Å²) >= 11 is 0. The minimum absolute atomic E-state index is 0.0953. The average molecular weight is 458 g/mol. The SMILES string of the molecule is Cc1cccc(CN2[C@@H]3C(=O)C=C[C@H]2[C@@H]2C(=O)N(c4ccc(N5CCOCC5)cc4)C(=O)[C@@H]23)c1. The number of morpholine rings is 1. The monoisotopic (exact) mass is 457 g/mol. The molecular formula is C27H27N3O4. The topological polar surface area (TPSA) is 70.2 Å². The summed E-state index contributed by atoms with van der Waals surface area (Å²) in [5, 5.41) is 0. The molecule has 0 aliphatic carbocycles. The number of carbonyl (C=O) groups is 3. The number of fused-ring (bicyclic) bond motifs is 5. The summed E-state index contributed by atoms with van der Waals surface area (Å²) in [4.78, 5) is 45.7. The molecule has 4 aliphatic heterocycles. The Morgan fingerprint density at radius 1 is 0.912 bits per heavy atom. The molecule has 2 amide bonds. The second-order valence-electron chi connectivity index (χ2n) is 9.54. The Morgan fingerprint density at radius 3 is 2.35 bits per heavy atom. The Morgan fingerprint density at radius 2 is 1.62 bits per heavy atom. The van der Waals surface area contributed by atoms with E-state index < -0.39 is 17.9 Å². The molecule has 7 nitrogen and oxygen atoms in total. The summed E-state index contributed by atoms with van der Waals surface area (Å²) in [7, 11) is 0. The van der Waals surface area contributed by atoms with E-state index >= 15 is 0 Å². The number of rotatable bonds is 4. The van der Waals surface area contributed by atoms with Gasteiger partial charge in [0.25, 0.3) is 0 Å². The smallest absolute Gasteiger partial charge is 0.239 e. The second-order valence-corrected chi connectivity index (χ2v) is 9.54. The first-order valence-electron chi connectivity index (χ1n) is 11.9. The quantitative estimate of drug-likeness (QED) is 0.657. The minimum atomic E-state index is -0.649. The third kappa shape index (κ3) is 3.30. The second kappa shape index (κ2) is 8.18. The molecule has 0 N–H and O–H groups in total. The van der Waals surface area contributed by atoms with E-state index in [1.807, 2.05) is 60.4 Å². The largest absolute Gasteiger partial charge is 0.378 e. The van der Waals surface area contributed by atoms with Crippen LogP contribution in [0.5, 0.6) is 0 Å². The van der Waals surface area contributed by atoms with Gasteiger partial charge in [-0.25, -0.2) is 4.90 Å². The van der Waals surface area contributed by atoms with Crippen LogP contribution in [0.25, 0.3) is 0 Å². The first-order valence-corrected chi connectivity index (χ1v) is 11.9. The van der Waals surface area contributed by atoms with Crippen molar-refractivity contribution in [2.24, 2.45) is 11.8 Å². The van der Waals surface area contributed by atoms with Gasteiger partial charge in [0.05, 0.1) is 36.8 Å². The van der Waals surface area contributed by atoms with E-state index in [4.69, 9.17) is 4.74 Å². The molecule has 0 radical (unpaired) electrons. The fourth-order valence-electron chi connectivity index (χ4n) is 5.98. The van der Waals surface area contributed by atoms with E-state index in [0.717, 1.165) is 29.9 Å². The number of amides is 2. The highest BCUT2D eigenvalue weighted by Gasteiger charge is 2.64. The Balaban J connectivity index is 1.28. The number of ether oxygens (including phenoxy) is 1. The molecule has 0 unspecified atom stereocenters. The summed E-state index contributed by atoms with van der Waals surface area (Å²) in [5.74, 6) is -1.77. The minimum Gasteiger partial charge on any atom is -0.378 e. The van der Waals surface area contributed by atoms with Crippen molar-refractivity contribution in [3.8, 4) is 0 Å². The van der Waals surface area contributed by atoms with Crippen molar-refractivity contribution in [3.05, 3.63) is 71.8 Å². The van der Waals surface area contributed by atoms with Crippen molar-refractivity contribution in [2.75, 3.05) is 36.1 Å². The standard InChI is InChI=1S/C27H27N3O4/c1-17-3-2-4-18(15-17)16-29-21-9-10-22(31)25(29)24-23(21)26(32)30(27(24)33)20-7-5-19(6-8-20)28-11-13-34-14-12-28/h2-10,15,21,23-25H,11-14,16H2,1H3/t21-,23-,24-,25+/m0/s1. The summed E-state index contributed by atoms with van der Waals surface area (Å²) in [6, 6.07) is 14.8. The van der Waals surface area contributed by atoms with Gasteiger partial charge < -0.3 is 9.64 Å². The summed E-state index contributed by atoms with van der Waals surface area (Å²) in [6.07, 6.45) is 3.37. The molecule has 4 heterocycles. The molecule has 4 atom stereocenters. The number of ketones is 1. The van der Waals surface area contributed by atoms with Crippen LogP contribution < -0.4 is 9.80 Å². The first kappa shape index (κ1) is 21.3. The molecule has 3 saturated heterocycles. The summed E-state index contributed by atoms with van der Waals surface area (Å²) in [6.45, 7) is 5.59. The Labute approximate surface area is 198 Å². The van der Waals surface area contributed by atoms with E-state index in [1.165, 1.54) is 4.90 Å². The number of hydrogen-bond acceptors (Lipinski definition) is 6. The Kier molecular flexibility index (Phi) is 5.12. The number of nitrogens with zero attached hydrogens (tertiary/aromatic N) is 3. The van der Waals surface area contributed by atoms with Gasteiger partial charge in [0.2, 0.25) is 11.8 Å². The molecule has 174 valence electrons. The number of anilines is 2. The predicted octanol–water partition coefficient (Wildman–Crippen LogP) is 2.33. The van der Waals surface area contributed by atoms with Crippen LogP contribution >= 0.6 is 0 Å². The lowest BCUT2D eigenvalue weighted by molar-refractivity contribution is -0.129. The molecule has 6 rings (SSSR count). The van der Waals surface area contributed by atoms with Gasteiger partial charge in [0.15, 0.2) is 5.78 Å². The van der Waals surface area contributed by atoms with Gasteiger partial charge in [-0.15, -0.1) is 0 Å². The zero-order chi connectivity index (χ0) is 23.4. The van der Waals surface area contributed by atoms with E-state index in [9.17, 15) is 14.4 Å². The van der Waals surface area contributed by atoms with Gasteiger partial charge in [-0.2, -0.15) is 0 Å². The third-order valence-electron chi connectivity index (χ3n) is 7.53. The number of benzene rings is 2. The average Bonchev–Trinajstić information content (AvgIpc) is 3.23. The number of imide groups is 1. The van der Waals surface area contributed by atoms with Crippen molar-refractivity contribution in [1.29, 1.82) is 0 Å². The molecule has 0 aromatic heterocycles. The molecule has 2 bridgehead atoms. The zero-order valence-electron chi connectivity index (χ0n) is 19.1. The summed E-state index contributed by atoms with van der Waals surface area (Å²) < 4.78 is 5.42. The Bertz CT molecular complexity index is 1180. The molecule has 4 aliphatic rings. The van der Waals surface area contributed by atoms with Crippen molar-refractivity contribution >= 4 is 29.0 Å². The molecule has 3 fully saturated rings. The Hall–Kier alpha value is -3.29. The van der Waals surface area contributed by atoms with Crippen LogP contribution in [0, 0.1) is 18.8 Å². The fourth-order valence-corrected chi connectivity index (χ4v) is 5.98. The first-order chi connectivity index (χ1) is 16.5. The molecule has 0 spiro atoms. The van der Waals surface area contributed by atoms with Crippen LogP contribution in [0.1, 0.15) is 11.1 Å². The van der Waals surface area contributed by atoms with E-state index in [1.54, 1.807) is 6.08 Å². The van der Waals surface area contributed by atoms with Gasteiger partial charge in [-0.1, -0.05) is 35.9 Å². The fraction of sp³-hybridized carbons (Fsp3) is 0.370. The van der Waals surface area contributed by atoms with Crippen LogP contribution in [0.4, 0.5) is 11.4 Å². The van der Waals surface area contributed by atoms with Gasteiger partial charge in [0.1, 0.15) is 0 Å². The molecule has 34 heavy (non-hydrogen) atoms. The molecule has 0 saturated carbocycles. The highest BCUT2D eigenvalue weighted by Crippen LogP contribution is 2.47. The van der Waals surface area contributed by atoms with Gasteiger partial charge in [-0.3, -0.25) is 19.3 Å². The third-order valence-corrected chi connectivity index (χ3v) is 7.53. The van der Waals surface area contributed by atoms with Crippen molar-refractivity contribution in [1.82, 2.24) is 4.90 Å². The van der Waals surface area contributed by atoms with Crippen molar-refractivity contribution in [2.45, 2.75) is 25.6 Å². The molecule has 2 aromatic rings. The maximum Gasteiger partial charge on any atom is 0.239 e. The number of hydrogen-bond donors (Lipinski definition) is 0. The molecule has 7 heteroatoms. The van der Waals surface area contributed by atoms with Gasteiger partial charge in [0, 0.05) is 31.4 Å². The van der Waals surface area contributed by atoms with Crippen LogP contribution in [0.15, 0.2) is 60.7 Å². The normalized spacial score (nSPS) is 28.7. The highest BCUT2D eigenvalue weighted by atomic mass is 16.5. The van der Waals surface area contributed by atoms with E-state index in [0.29, 0.717) is 25.4 Å². The van der Waals surface area contributed by atoms with Crippen molar-refractivity contribution < 1.29 is 19.1 Å². The van der Waals surface area contributed by atoms with Crippen LogP contribution in [-0.4, -0.2) is 60.9 Å². The van der Waals surface area contributed by atoms with Crippen LogP contribution in [0.3, 0.4) is 0 Å². The lowest BCUT2D eigenvalue weighted by Gasteiger charge is -2.33. The van der Waals surface area contributed by atoms with Crippen molar-refractivity contribution in [3.63, 3.8) is 0 Å². The van der Waals surface area contributed by atoms with Gasteiger partial charge >= 0.3 is 0 Å². The zero-order valence-corrected chi connectivity index (χ0v) is 19.1. The highest BCUT2D eigenvalue weighted by molar-refractivity contribution is 6.24. The summed E-state index contributed by atoms with van der Waals surface area (Å²) in [5.41, 5.74) is 3.84. The maximum atomic E-state index is 13.6. The number of aryl methyl sites for hydroxylation is 1. The van der Waals surface area contributed by atoms with E-state index in [-0.39, 0.29) is 23.6 Å². The van der Waals surface area contributed by atoms with Crippen LogP contribution in [0.2, 0.25) is 0 Å². The van der Waals surface area contributed by atoms with Gasteiger partial charge in [-0.05, 0) is 42.8 Å². The van der Waals surface area contributed by atoms with Crippen LogP contribution in [-0.2, 0) is 25.7 Å². The lowest BCUT2D eigenvalue weighted by Crippen LogP contribution is -2.48. The predicted molar refractivity (Wildman–Crippen MR) is 127 cm³/mol. The molecule has 2 aromatic carbocycles. The molecular weight excluding hydrogens is 430 g/mol. The lowest BCUT2D eigenvalue weighted by atomic mass is 9.90. The number of carbonyl (C=O) groups excluding carboxylic acids is 3.